The maximum Gasteiger partial charge on any atom is 0.435 e. The number of alkyl halides is 3. The molecule has 1 aromatic heterocycles. The Hall–Kier alpha value is -1.77. The van der Waals surface area contributed by atoms with Gasteiger partial charge in [-0.3, -0.25) is 4.68 Å². The Balaban J connectivity index is 2.06. The fourth-order valence-corrected chi connectivity index (χ4v) is 3.12. The van der Waals surface area contributed by atoms with Crippen molar-refractivity contribution in [3.05, 3.63) is 17.5 Å². The highest BCUT2D eigenvalue weighted by Crippen LogP contribution is 2.31. The first kappa shape index (κ1) is 18.6. The molecule has 0 spiro atoms. The van der Waals surface area contributed by atoms with Gasteiger partial charge in [0, 0.05) is 25.4 Å². The normalized spacial score (nSPS) is 20.1. The quantitative estimate of drug-likeness (QED) is 0.894. The predicted octanol–water partition coefficient (Wildman–Crippen LogP) is 2.54. The average Bonchev–Trinajstić information content (AvgIpc) is 2.73. The van der Waals surface area contributed by atoms with Crippen LogP contribution in [0.1, 0.15) is 39.0 Å². The zero-order valence-electron chi connectivity index (χ0n) is 14.5. The zero-order chi connectivity index (χ0) is 18.3. The second kappa shape index (κ2) is 5.94. The molecule has 1 aliphatic heterocycles. The Labute approximate surface area is 138 Å². The van der Waals surface area contributed by atoms with E-state index in [1.807, 2.05) is 27.7 Å². The lowest BCUT2D eigenvalue weighted by Gasteiger charge is -2.46. The lowest BCUT2D eigenvalue weighted by Crippen LogP contribution is -2.60. The molecule has 2 amide bonds. The third-order valence-corrected chi connectivity index (χ3v) is 3.59. The molecule has 6 nitrogen and oxygen atoms in total. The number of nitrogens with one attached hydrogen (secondary N) is 1. The first-order chi connectivity index (χ1) is 10.8. The number of aromatic nitrogens is 2. The van der Waals surface area contributed by atoms with E-state index >= 15 is 0 Å². The molecule has 0 bridgehead atoms. The summed E-state index contributed by atoms with van der Waals surface area (Å²) in [6.45, 7) is 7.98. The van der Waals surface area contributed by atoms with Crippen molar-refractivity contribution in [3.8, 4) is 0 Å². The van der Waals surface area contributed by atoms with Crippen LogP contribution in [0.15, 0.2) is 6.20 Å². The van der Waals surface area contributed by atoms with E-state index in [4.69, 9.17) is 4.74 Å². The third-order valence-electron chi connectivity index (χ3n) is 3.59. The molecule has 1 fully saturated rings. The van der Waals surface area contributed by atoms with E-state index in [0.717, 1.165) is 4.68 Å². The van der Waals surface area contributed by atoms with Crippen molar-refractivity contribution in [2.75, 3.05) is 13.1 Å². The number of halogens is 3. The summed E-state index contributed by atoms with van der Waals surface area (Å²) < 4.78 is 45.8. The van der Waals surface area contributed by atoms with Gasteiger partial charge in [0.25, 0.3) is 0 Å². The summed E-state index contributed by atoms with van der Waals surface area (Å²) >= 11 is 0. The molecule has 1 N–H and O–H groups in total. The van der Waals surface area contributed by atoms with E-state index in [2.05, 4.69) is 10.4 Å². The van der Waals surface area contributed by atoms with Crippen LogP contribution >= 0.6 is 0 Å². The number of nitrogens with zero attached hydrogens (tertiary/aromatic N) is 3. The molecule has 2 rings (SSSR count). The SMILES string of the molecule is Cn1cc(CNC(=O)N2CC(C)(C)OC(C)(C)C2)c(C(F)(F)F)n1. The summed E-state index contributed by atoms with van der Waals surface area (Å²) in [5, 5.41) is 5.97. The molecule has 0 aromatic carbocycles. The topological polar surface area (TPSA) is 59.4 Å². The zero-order valence-corrected chi connectivity index (χ0v) is 14.5. The number of rotatable bonds is 2. The van der Waals surface area contributed by atoms with Gasteiger partial charge in [-0.1, -0.05) is 0 Å². The number of aryl methyl sites for hydroxylation is 1. The molecule has 1 aromatic rings. The molecule has 24 heavy (non-hydrogen) atoms. The standard InChI is InChI=1S/C15H23F3N4O2/c1-13(2)8-22(9-14(3,4)24-13)12(23)19-6-10-7-21(5)20-11(10)15(16,17)18/h7H,6,8-9H2,1-5H3,(H,19,23). The molecule has 9 heteroatoms. The predicted molar refractivity (Wildman–Crippen MR) is 81.3 cm³/mol. The summed E-state index contributed by atoms with van der Waals surface area (Å²) in [6, 6.07) is -0.420. The summed E-state index contributed by atoms with van der Waals surface area (Å²) in [5.41, 5.74) is -2.09. The van der Waals surface area contributed by atoms with Gasteiger partial charge >= 0.3 is 12.2 Å². The summed E-state index contributed by atoms with van der Waals surface area (Å²) in [4.78, 5) is 13.9. The van der Waals surface area contributed by atoms with Crippen LogP contribution in [-0.4, -0.2) is 45.0 Å². The Bertz CT molecular complexity index is 607. The molecule has 1 saturated heterocycles. The first-order valence-electron chi connectivity index (χ1n) is 7.62. The van der Waals surface area contributed by atoms with Crippen LogP contribution < -0.4 is 5.32 Å². The second-order valence-corrected chi connectivity index (χ2v) is 7.31. The van der Waals surface area contributed by atoms with Gasteiger partial charge in [-0.2, -0.15) is 18.3 Å². The van der Waals surface area contributed by atoms with Gasteiger partial charge in [-0.25, -0.2) is 4.79 Å². The first-order valence-corrected chi connectivity index (χ1v) is 7.62. The van der Waals surface area contributed by atoms with Gasteiger partial charge in [0.05, 0.1) is 24.3 Å². The maximum absolute atomic E-state index is 12.9. The average molecular weight is 348 g/mol. The minimum Gasteiger partial charge on any atom is -0.366 e. The van der Waals surface area contributed by atoms with Gasteiger partial charge in [0.1, 0.15) is 0 Å². The van der Waals surface area contributed by atoms with Gasteiger partial charge < -0.3 is 15.0 Å². The van der Waals surface area contributed by atoms with Crippen LogP contribution in [0.2, 0.25) is 0 Å². The molecule has 2 heterocycles. The largest absolute Gasteiger partial charge is 0.435 e. The molecular formula is C15H23F3N4O2. The van der Waals surface area contributed by atoms with E-state index in [0.29, 0.717) is 13.1 Å². The third kappa shape index (κ3) is 4.40. The number of amides is 2. The van der Waals surface area contributed by atoms with Crippen molar-refractivity contribution in [2.24, 2.45) is 7.05 Å². The molecule has 0 atom stereocenters. The molecule has 136 valence electrons. The minimum atomic E-state index is -4.55. The maximum atomic E-state index is 12.9. The molecule has 0 unspecified atom stereocenters. The van der Waals surface area contributed by atoms with Gasteiger partial charge in [-0.05, 0) is 27.7 Å². The number of carbonyl (C=O) groups is 1. The molecule has 0 aliphatic carbocycles. The van der Waals surface area contributed by atoms with E-state index < -0.39 is 29.1 Å². The number of morpholine rings is 1. The van der Waals surface area contributed by atoms with E-state index in [9.17, 15) is 18.0 Å². The van der Waals surface area contributed by atoms with Gasteiger partial charge in [0.15, 0.2) is 5.69 Å². The number of hydrogen-bond acceptors (Lipinski definition) is 3. The van der Waals surface area contributed by atoms with E-state index in [1.165, 1.54) is 13.2 Å². The lowest BCUT2D eigenvalue weighted by molar-refractivity contribution is -0.170. The van der Waals surface area contributed by atoms with Crippen molar-refractivity contribution in [2.45, 2.75) is 51.6 Å². The molecular weight excluding hydrogens is 325 g/mol. The monoisotopic (exact) mass is 348 g/mol. The fraction of sp³-hybridized carbons (Fsp3) is 0.733. The van der Waals surface area contributed by atoms with Crippen molar-refractivity contribution in [1.82, 2.24) is 20.0 Å². The van der Waals surface area contributed by atoms with Crippen LogP contribution in [0.4, 0.5) is 18.0 Å². The van der Waals surface area contributed by atoms with Crippen molar-refractivity contribution in [1.29, 1.82) is 0 Å². The van der Waals surface area contributed by atoms with E-state index in [1.54, 1.807) is 4.90 Å². The molecule has 0 saturated carbocycles. The number of urea groups is 1. The highest BCUT2D eigenvalue weighted by Gasteiger charge is 2.40. The van der Waals surface area contributed by atoms with Crippen LogP contribution in [0.5, 0.6) is 0 Å². The number of carbonyl (C=O) groups excluding carboxylic acids is 1. The van der Waals surface area contributed by atoms with E-state index in [-0.39, 0.29) is 12.1 Å². The summed E-state index contributed by atoms with van der Waals surface area (Å²) in [6.07, 6.45) is -3.29. The van der Waals surface area contributed by atoms with Crippen molar-refractivity contribution >= 4 is 6.03 Å². The molecule has 0 radical (unpaired) electrons. The van der Waals surface area contributed by atoms with Gasteiger partial charge in [0.2, 0.25) is 0 Å². The van der Waals surface area contributed by atoms with Crippen LogP contribution in [0.3, 0.4) is 0 Å². The van der Waals surface area contributed by atoms with Crippen LogP contribution in [0.25, 0.3) is 0 Å². The lowest BCUT2D eigenvalue weighted by atomic mass is 9.99. The van der Waals surface area contributed by atoms with Crippen LogP contribution in [-0.2, 0) is 24.5 Å². The van der Waals surface area contributed by atoms with Crippen molar-refractivity contribution in [3.63, 3.8) is 0 Å². The van der Waals surface area contributed by atoms with Crippen molar-refractivity contribution < 1.29 is 22.7 Å². The Kier molecular flexibility index (Phi) is 4.60. The fourth-order valence-electron chi connectivity index (χ4n) is 3.12. The minimum absolute atomic E-state index is 0.0647. The Morgan fingerprint density at radius 3 is 2.33 bits per heavy atom. The Morgan fingerprint density at radius 1 is 1.29 bits per heavy atom. The Morgan fingerprint density at radius 2 is 1.83 bits per heavy atom. The number of hydrogen-bond donors (Lipinski definition) is 1. The van der Waals surface area contributed by atoms with Gasteiger partial charge in [-0.15, -0.1) is 0 Å². The molecule has 1 aliphatic rings. The van der Waals surface area contributed by atoms with Crippen LogP contribution in [0, 0.1) is 0 Å². The number of ether oxygens (including phenoxy) is 1. The second-order valence-electron chi connectivity index (χ2n) is 7.31. The summed E-state index contributed by atoms with van der Waals surface area (Å²) in [5.74, 6) is 0. The highest BCUT2D eigenvalue weighted by molar-refractivity contribution is 5.74. The summed E-state index contributed by atoms with van der Waals surface area (Å²) in [7, 11) is 1.41. The smallest absolute Gasteiger partial charge is 0.366 e. The highest BCUT2D eigenvalue weighted by atomic mass is 19.4.